The van der Waals surface area contributed by atoms with Gasteiger partial charge in [0.05, 0.1) is 11.6 Å². The molecule has 0 heterocycles. The Labute approximate surface area is 93.1 Å². The van der Waals surface area contributed by atoms with Gasteiger partial charge in [-0.05, 0) is 15.9 Å². The fourth-order valence-electron chi connectivity index (χ4n) is 0.833. The number of methoxy groups -OCH3 is 1. The highest BCUT2D eigenvalue weighted by Gasteiger charge is 2.11. The number of benzene rings is 1. The van der Waals surface area contributed by atoms with Crippen LogP contribution in [-0.2, 0) is 9.53 Å². The van der Waals surface area contributed by atoms with Crippen molar-refractivity contribution in [2.45, 2.75) is 0 Å². The summed E-state index contributed by atoms with van der Waals surface area (Å²) in [5.74, 6) is -2.30. The molecular formula is C9H7BrF2O3. The molecule has 0 saturated heterocycles. The van der Waals surface area contributed by atoms with Crippen LogP contribution in [0.2, 0.25) is 0 Å². The van der Waals surface area contributed by atoms with E-state index in [9.17, 15) is 13.6 Å². The average molecular weight is 281 g/mol. The highest BCUT2D eigenvalue weighted by atomic mass is 79.9. The van der Waals surface area contributed by atoms with Crippen molar-refractivity contribution in [2.75, 3.05) is 13.7 Å². The summed E-state index contributed by atoms with van der Waals surface area (Å²) in [6, 6.07) is 1.67. The average Bonchev–Trinajstić information content (AvgIpc) is 2.20. The van der Waals surface area contributed by atoms with Gasteiger partial charge in [0.25, 0.3) is 0 Å². The van der Waals surface area contributed by atoms with E-state index >= 15 is 0 Å². The third-order valence-electron chi connectivity index (χ3n) is 1.53. The van der Waals surface area contributed by atoms with E-state index in [2.05, 4.69) is 20.7 Å². The second kappa shape index (κ2) is 5.06. The molecule has 82 valence electrons. The van der Waals surface area contributed by atoms with Gasteiger partial charge in [-0.1, -0.05) is 0 Å². The Bertz CT molecular complexity index is 382. The fourth-order valence-corrected chi connectivity index (χ4v) is 1.18. The van der Waals surface area contributed by atoms with Crippen molar-refractivity contribution in [3.8, 4) is 5.75 Å². The number of hydrogen-bond acceptors (Lipinski definition) is 3. The highest BCUT2D eigenvalue weighted by molar-refractivity contribution is 9.10. The Kier molecular flexibility index (Phi) is 4.02. The molecule has 0 amide bonds. The summed E-state index contributed by atoms with van der Waals surface area (Å²) in [6.07, 6.45) is 0. The van der Waals surface area contributed by atoms with E-state index in [1.54, 1.807) is 0 Å². The normalized spacial score (nSPS) is 9.87. The van der Waals surface area contributed by atoms with Gasteiger partial charge in [0.1, 0.15) is 17.4 Å². The van der Waals surface area contributed by atoms with Crippen LogP contribution in [0.25, 0.3) is 0 Å². The molecule has 0 unspecified atom stereocenters. The lowest BCUT2D eigenvalue weighted by Gasteiger charge is -2.07. The second-order valence-corrected chi connectivity index (χ2v) is 3.36. The maximum Gasteiger partial charge on any atom is 0.343 e. The first-order chi connectivity index (χ1) is 7.04. The molecule has 0 aliphatic rings. The standard InChI is InChI=1S/C9H7BrF2O3/c1-14-8(13)4-15-7-3-5(11)2-6(12)9(7)10/h2-3H,4H2,1H3. The molecule has 0 aliphatic carbocycles. The molecule has 0 radical (unpaired) electrons. The molecule has 0 atom stereocenters. The van der Waals surface area contributed by atoms with Crippen molar-refractivity contribution in [1.29, 1.82) is 0 Å². The minimum Gasteiger partial charge on any atom is -0.481 e. The molecule has 1 aromatic carbocycles. The van der Waals surface area contributed by atoms with Crippen molar-refractivity contribution in [2.24, 2.45) is 0 Å². The minimum absolute atomic E-state index is 0.0344. The van der Waals surface area contributed by atoms with Crippen LogP contribution in [0.15, 0.2) is 16.6 Å². The predicted molar refractivity (Wildman–Crippen MR) is 51.6 cm³/mol. The summed E-state index contributed by atoms with van der Waals surface area (Å²) < 4.78 is 34.8. The molecule has 0 spiro atoms. The van der Waals surface area contributed by atoms with Gasteiger partial charge in [0.2, 0.25) is 0 Å². The number of carbonyl (C=O) groups is 1. The first kappa shape index (κ1) is 11.9. The molecular weight excluding hydrogens is 274 g/mol. The van der Waals surface area contributed by atoms with Crippen LogP contribution in [0.3, 0.4) is 0 Å². The van der Waals surface area contributed by atoms with E-state index in [1.807, 2.05) is 0 Å². The third kappa shape index (κ3) is 3.16. The van der Waals surface area contributed by atoms with Gasteiger partial charge in [-0.15, -0.1) is 0 Å². The van der Waals surface area contributed by atoms with Crippen LogP contribution in [-0.4, -0.2) is 19.7 Å². The van der Waals surface area contributed by atoms with Crippen molar-refractivity contribution >= 4 is 21.9 Å². The van der Waals surface area contributed by atoms with Crippen LogP contribution in [0.1, 0.15) is 0 Å². The van der Waals surface area contributed by atoms with Gasteiger partial charge in [0.15, 0.2) is 6.61 Å². The summed E-state index contributed by atoms with van der Waals surface area (Å²) in [5, 5.41) is 0. The second-order valence-electron chi connectivity index (χ2n) is 2.56. The van der Waals surface area contributed by atoms with Crippen molar-refractivity contribution in [3.63, 3.8) is 0 Å². The van der Waals surface area contributed by atoms with Gasteiger partial charge >= 0.3 is 5.97 Å². The van der Waals surface area contributed by atoms with Crippen LogP contribution < -0.4 is 4.74 Å². The zero-order valence-electron chi connectivity index (χ0n) is 7.72. The van der Waals surface area contributed by atoms with Gasteiger partial charge in [-0.3, -0.25) is 0 Å². The Morgan fingerprint density at radius 2 is 2.13 bits per heavy atom. The van der Waals surface area contributed by atoms with Crippen molar-refractivity contribution in [3.05, 3.63) is 28.2 Å². The van der Waals surface area contributed by atoms with E-state index in [1.165, 1.54) is 7.11 Å². The predicted octanol–water partition coefficient (Wildman–Crippen LogP) is 2.28. The maximum absolute atomic E-state index is 13.0. The van der Waals surface area contributed by atoms with E-state index in [4.69, 9.17) is 4.74 Å². The van der Waals surface area contributed by atoms with E-state index in [-0.39, 0.29) is 10.2 Å². The lowest BCUT2D eigenvalue weighted by atomic mass is 10.3. The number of rotatable bonds is 3. The molecule has 0 fully saturated rings. The summed E-state index contributed by atoms with van der Waals surface area (Å²) >= 11 is 2.87. The van der Waals surface area contributed by atoms with Gasteiger partial charge in [0, 0.05) is 12.1 Å². The van der Waals surface area contributed by atoms with Crippen LogP contribution in [0.5, 0.6) is 5.75 Å². The van der Waals surface area contributed by atoms with Gasteiger partial charge in [-0.2, -0.15) is 0 Å². The quantitative estimate of drug-likeness (QED) is 0.630. The van der Waals surface area contributed by atoms with Crippen LogP contribution in [0, 0.1) is 11.6 Å². The van der Waals surface area contributed by atoms with E-state index < -0.39 is 24.2 Å². The topological polar surface area (TPSA) is 35.5 Å². The summed E-state index contributed by atoms with van der Waals surface area (Å²) in [4.78, 5) is 10.7. The molecule has 0 aromatic heterocycles. The monoisotopic (exact) mass is 280 g/mol. The summed E-state index contributed by atoms with van der Waals surface area (Å²) in [5.41, 5.74) is 0. The SMILES string of the molecule is COC(=O)COc1cc(F)cc(F)c1Br. The molecule has 1 rings (SSSR count). The van der Waals surface area contributed by atoms with Crippen molar-refractivity contribution in [1.82, 2.24) is 0 Å². The Balaban J connectivity index is 2.81. The number of ether oxygens (including phenoxy) is 2. The van der Waals surface area contributed by atoms with Crippen LogP contribution >= 0.6 is 15.9 Å². The van der Waals surface area contributed by atoms with Crippen LogP contribution in [0.4, 0.5) is 8.78 Å². The third-order valence-corrected chi connectivity index (χ3v) is 2.30. The molecule has 1 aromatic rings. The smallest absolute Gasteiger partial charge is 0.343 e. The first-order valence-corrected chi connectivity index (χ1v) is 4.68. The molecule has 15 heavy (non-hydrogen) atoms. The number of carbonyl (C=O) groups excluding carboxylic acids is 1. The van der Waals surface area contributed by atoms with Gasteiger partial charge in [-0.25, -0.2) is 13.6 Å². The lowest BCUT2D eigenvalue weighted by Crippen LogP contribution is -2.13. The Hall–Kier alpha value is -1.17. The zero-order valence-corrected chi connectivity index (χ0v) is 9.31. The lowest BCUT2D eigenvalue weighted by molar-refractivity contribution is -0.142. The Morgan fingerprint density at radius 3 is 2.73 bits per heavy atom. The molecule has 0 bridgehead atoms. The summed E-state index contributed by atoms with van der Waals surface area (Å²) in [6.45, 7) is -0.405. The van der Waals surface area contributed by atoms with E-state index in [0.717, 1.165) is 6.07 Å². The number of esters is 1. The molecule has 3 nitrogen and oxygen atoms in total. The van der Waals surface area contributed by atoms with Gasteiger partial charge < -0.3 is 9.47 Å². The molecule has 0 aliphatic heterocycles. The van der Waals surface area contributed by atoms with Crippen molar-refractivity contribution < 1.29 is 23.0 Å². The van der Waals surface area contributed by atoms with E-state index in [0.29, 0.717) is 6.07 Å². The molecule has 0 saturated carbocycles. The molecule has 6 heteroatoms. The molecule has 0 N–H and O–H groups in total. The first-order valence-electron chi connectivity index (χ1n) is 3.88. The summed E-state index contributed by atoms with van der Waals surface area (Å²) in [7, 11) is 1.19. The Morgan fingerprint density at radius 1 is 1.47 bits per heavy atom. The fraction of sp³-hybridized carbons (Fsp3) is 0.222. The largest absolute Gasteiger partial charge is 0.481 e. The number of halogens is 3. The number of hydrogen-bond donors (Lipinski definition) is 0. The highest BCUT2D eigenvalue weighted by Crippen LogP contribution is 2.28. The minimum atomic E-state index is -0.796. The zero-order chi connectivity index (χ0) is 11.4. The maximum atomic E-state index is 13.0.